The number of fused-ring (bicyclic) bond motifs is 3. The Kier molecular flexibility index (Phi) is 8.39. The van der Waals surface area contributed by atoms with E-state index in [1.807, 2.05) is 13.8 Å². The van der Waals surface area contributed by atoms with E-state index in [1.54, 1.807) is 13.8 Å². The van der Waals surface area contributed by atoms with Crippen LogP contribution in [0.1, 0.15) is 74.7 Å². The van der Waals surface area contributed by atoms with Crippen LogP contribution in [0.25, 0.3) is 0 Å². The third-order valence-corrected chi connectivity index (χ3v) is 9.18. The quantitative estimate of drug-likeness (QED) is 0.221. The Hall–Kier alpha value is -2.79. The molecule has 2 bridgehead atoms. The largest absolute Gasteiger partial charge is 0.462 e. The molecule has 0 aromatic carbocycles. The molecular weight excluding hydrogens is 512 g/mol. The van der Waals surface area contributed by atoms with Crippen LogP contribution < -0.4 is 0 Å². The standard InChI is InChI=1S/C28H40O11/c1-13-19(36-14(2)30)9-18-10-20-27(8,22(37-15(3)31)11-21(34)28(20,35)12-29)25(39-17(5)33)24(38-16(4)32)23(13)26(18,6)7/h12,18-22,24-25,34-35H,9-11H2,1-8H3/t18-,19-,20-,21-,22-,24+,25-,27-,28+/m0/s1. The highest BCUT2D eigenvalue weighted by atomic mass is 16.6. The van der Waals surface area contributed by atoms with Crippen LogP contribution in [0.4, 0.5) is 0 Å². The van der Waals surface area contributed by atoms with Crippen LogP contribution in [0.2, 0.25) is 0 Å². The van der Waals surface area contributed by atoms with Crippen molar-refractivity contribution in [1.29, 1.82) is 0 Å². The molecule has 218 valence electrons. The van der Waals surface area contributed by atoms with Crippen LogP contribution in [0.5, 0.6) is 0 Å². The molecule has 0 unspecified atom stereocenters. The topological polar surface area (TPSA) is 163 Å². The van der Waals surface area contributed by atoms with Crippen molar-refractivity contribution < 1.29 is 53.1 Å². The summed E-state index contributed by atoms with van der Waals surface area (Å²) >= 11 is 0. The summed E-state index contributed by atoms with van der Waals surface area (Å²) in [6, 6.07) is 0. The van der Waals surface area contributed by atoms with Crippen molar-refractivity contribution in [3.8, 4) is 0 Å². The number of aliphatic hydroxyl groups is 2. The summed E-state index contributed by atoms with van der Waals surface area (Å²) in [5, 5.41) is 22.8. The molecule has 9 atom stereocenters. The van der Waals surface area contributed by atoms with Gasteiger partial charge in [0.25, 0.3) is 0 Å². The Bertz CT molecular complexity index is 1080. The summed E-state index contributed by atoms with van der Waals surface area (Å²) in [6.07, 6.45) is -5.66. The predicted octanol–water partition coefficient (Wildman–Crippen LogP) is 1.80. The number of hydrogen-bond donors (Lipinski definition) is 2. The smallest absolute Gasteiger partial charge is 0.303 e. The summed E-state index contributed by atoms with van der Waals surface area (Å²) in [6.45, 7) is 12.0. The lowest BCUT2D eigenvalue weighted by atomic mass is 9.47. The summed E-state index contributed by atoms with van der Waals surface area (Å²) in [5.74, 6) is -4.11. The van der Waals surface area contributed by atoms with Crippen LogP contribution in [-0.2, 0) is 42.9 Å². The minimum Gasteiger partial charge on any atom is -0.462 e. The maximum Gasteiger partial charge on any atom is 0.303 e. The highest BCUT2D eigenvalue weighted by Gasteiger charge is 2.69. The molecule has 11 nitrogen and oxygen atoms in total. The Morgan fingerprint density at radius 2 is 1.38 bits per heavy atom. The fraction of sp³-hybridized carbons (Fsp3) is 0.750. The summed E-state index contributed by atoms with van der Waals surface area (Å²) in [7, 11) is 0. The van der Waals surface area contributed by atoms with Crippen LogP contribution in [0.3, 0.4) is 0 Å². The minimum atomic E-state index is -2.31. The normalized spacial score (nSPS) is 39.3. The van der Waals surface area contributed by atoms with Gasteiger partial charge in [-0.25, -0.2) is 0 Å². The van der Waals surface area contributed by atoms with Gasteiger partial charge >= 0.3 is 23.9 Å². The Labute approximate surface area is 228 Å². The molecule has 2 fully saturated rings. The van der Waals surface area contributed by atoms with Crippen molar-refractivity contribution in [1.82, 2.24) is 0 Å². The lowest BCUT2D eigenvalue weighted by Crippen LogP contribution is -2.71. The number of aldehydes is 1. The molecule has 3 aliphatic rings. The van der Waals surface area contributed by atoms with E-state index in [1.165, 1.54) is 27.7 Å². The highest BCUT2D eigenvalue weighted by Crippen LogP contribution is 2.61. The van der Waals surface area contributed by atoms with E-state index in [-0.39, 0.29) is 25.0 Å². The molecule has 2 N–H and O–H groups in total. The van der Waals surface area contributed by atoms with E-state index < -0.39 is 76.7 Å². The molecular formula is C28H40O11. The molecule has 0 spiro atoms. The highest BCUT2D eigenvalue weighted by molar-refractivity contribution is 5.70. The van der Waals surface area contributed by atoms with Gasteiger partial charge in [0.05, 0.1) is 11.5 Å². The molecule has 0 aromatic heterocycles. The average Bonchev–Trinajstić information content (AvgIpc) is 2.79. The Balaban J connectivity index is 2.45. The van der Waals surface area contributed by atoms with E-state index in [4.69, 9.17) is 18.9 Å². The number of rotatable bonds is 5. The average molecular weight is 553 g/mol. The molecule has 0 aliphatic heterocycles. The predicted molar refractivity (Wildman–Crippen MR) is 135 cm³/mol. The van der Waals surface area contributed by atoms with E-state index in [2.05, 4.69) is 0 Å². The molecule has 0 heterocycles. The second-order valence-electron chi connectivity index (χ2n) is 11.9. The van der Waals surface area contributed by atoms with Gasteiger partial charge in [-0.1, -0.05) is 20.8 Å². The molecule has 0 aromatic rings. The van der Waals surface area contributed by atoms with Crippen LogP contribution in [-0.4, -0.2) is 76.5 Å². The van der Waals surface area contributed by atoms with E-state index in [9.17, 15) is 34.2 Å². The van der Waals surface area contributed by atoms with Crippen molar-refractivity contribution in [2.45, 2.75) is 111 Å². The van der Waals surface area contributed by atoms with Crippen molar-refractivity contribution in [2.24, 2.45) is 22.7 Å². The molecule has 39 heavy (non-hydrogen) atoms. The number of hydrogen-bond acceptors (Lipinski definition) is 11. The molecule has 3 aliphatic carbocycles. The van der Waals surface area contributed by atoms with Gasteiger partial charge in [-0.3, -0.25) is 19.2 Å². The summed E-state index contributed by atoms with van der Waals surface area (Å²) in [4.78, 5) is 61.8. The lowest BCUT2D eigenvalue weighted by molar-refractivity contribution is -0.259. The zero-order valence-corrected chi connectivity index (χ0v) is 23.8. The number of carbonyl (C=O) groups is 5. The van der Waals surface area contributed by atoms with Gasteiger partial charge in [-0.2, -0.15) is 0 Å². The van der Waals surface area contributed by atoms with E-state index >= 15 is 0 Å². The SMILES string of the molecule is CC(=O)O[C@H]1C[C@H]2C[C@@H]3[C@](O)(C=O)[C@@H](O)C[C@H](OC(C)=O)[C@@]3(C)[C@@H](OC(C)=O)[C@H](OC(C)=O)C(=C1C)C2(C)C. The zero-order valence-electron chi connectivity index (χ0n) is 23.8. The fourth-order valence-corrected chi connectivity index (χ4v) is 7.34. The molecule has 0 radical (unpaired) electrons. The maximum atomic E-state index is 12.6. The first-order chi connectivity index (χ1) is 17.9. The van der Waals surface area contributed by atoms with E-state index in [0.717, 1.165) is 0 Å². The minimum absolute atomic E-state index is 0.104. The number of ether oxygens (including phenoxy) is 4. The lowest BCUT2D eigenvalue weighted by Gasteiger charge is -2.61. The Morgan fingerprint density at radius 3 is 1.87 bits per heavy atom. The molecule has 11 heteroatoms. The maximum absolute atomic E-state index is 12.6. The van der Waals surface area contributed by atoms with Gasteiger partial charge in [0, 0.05) is 40.0 Å². The summed E-state index contributed by atoms with van der Waals surface area (Å²) in [5.41, 5.74) is -3.37. The summed E-state index contributed by atoms with van der Waals surface area (Å²) < 4.78 is 23.1. The van der Waals surface area contributed by atoms with Crippen LogP contribution in [0, 0.1) is 22.7 Å². The molecule has 3 rings (SSSR count). The van der Waals surface area contributed by atoms with Gasteiger partial charge in [-0.05, 0) is 42.2 Å². The second kappa shape index (κ2) is 10.6. The van der Waals surface area contributed by atoms with Crippen molar-refractivity contribution in [3.05, 3.63) is 11.1 Å². The monoisotopic (exact) mass is 552 g/mol. The Morgan fingerprint density at radius 1 is 0.846 bits per heavy atom. The van der Waals surface area contributed by atoms with Crippen molar-refractivity contribution >= 4 is 30.2 Å². The third kappa shape index (κ3) is 5.23. The van der Waals surface area contributed by atoms with Gasteiger partial charge in [-0.15, -0.1) is 0 Å². The number of aliphatic hydroxyl groups excluding tert-OH is 1. The molecule has 2 saturated carbocycles. The third-order valence-electron chi connectivity index (χ3n) is 9.18. The first-order valence-corrected chi connectivity index (χ1v) is 13.2. The van der Waals surface area contributed by atoms with Gasteiger partial charge in [0.15, 0.2) is 18.5 Å². The van der Waals surface area contributed by atoms with Crippen LogP contribution in [0.15, 0.2) is 11.1 Å². The van der Waals surface area contributed by atoms with Crippen molar-refractivity contribution in [2.75, 3.05) is 0 Å². The second-order valence-corrected chi connectivity index (χ2v) is 11.9. The number of carbonyl (C=O) groups excluding carboxylic acids is 5. The molecule has 0 amide bonds. The van der Waals surface area contributed by atoms with E-state index in [0.29, 0.717) is 17.6 Å². The zero-order chi connectivity index (χ0) is 29.7. The van der Waals surface area contributed by atoms with Crippen LogP contribution >= 0.6 is 0 Å². The van der Waals surface area contributed by atoms with Gasteiger partial charge < -0.3 is 34.0 Å². The van der Waals surface area contributed by atoms with Crippen molar-refractivity contribution in [3.63, 3.8) is 0 Å². The molecule has 0 saturated heterocycles. The first-order valence-electron chi connectivity index (χ1n) is 13.2. The van der Waals surface area contributed by atoms with Gasteiger partial charge in [0.1, 0.15) is 17.8 Å². The van der Waals surface area contributed by atoms with Gasteiger partial charge in [0.2, 0.25) is 0 Å². The fourth-order valence-electron chi connectivity index (χ4n) is 7.34. The first kappa shape index (κ1) is 30.7. The number of esters is 4.